The van der Waals surface area contributed by atoms with Crippen LogP contribution < -0.4 is 5.73 Å². The average molecular weight is 268 g/mol. The Hall–Kier alpha value is -2.61. The van der Waals surface area contributed by atoms with Gasteiger partial charge < -0.3 is 10.6 Å². The van der Waals surface area contributed by atoms with E-state index in [1.165, 1.54) is 4.90 Å². The van der Waals surface area contributed by atoms with Gasteiger partial charge in [0.05, 0.1) is 12.5 Å². The van der Waals surface area contributed by atoms with Crippen LogP contribution in [0.1, 0.15) is 23.8 Å². The van der Waals surface area contributed by atoms with E-state index < -0.39 is 0 Å². The van der Waals surface area contributed by atoms with Crippen LogP contribution in [-0.4, -0.2) is 28.9 Å². The van der Waals surface area contributed by atoms with Gasteiger partial charge in [0.2, 0.25) is 0 Å². The van der Waals surface area contributed by atoms with Crippen molar-refractivity contribution in [3.8, 4) is 6.07 Å². The van der Waals surface area contributed by atoms with Crippen molar-refractivity contribution in [2.45, 2.75) is 19.4 Å². The van der Waals surface area contributed by atoms with Gasteiger partial charge in [0.15, 0.2) is 0 Å². The van der Waals surface area contributed by atoms with E-state index in [-0.39, 0.29) is 18.4 Å². The Labute approximate surface area is 117 Å². The van der Waals surface area contributed by atoms with Crippen LogP contribution in [0.15, 0.2) is 30.3 Å². The maximum absolute atomic E-state index is 12.4. The highest BCUT2D eigenvalue weighted by atomic mass is 16.2. The molecule has 5 heteroatoms. The number of benzene rings is 1. The summed E-state index contributed by atoms with van der Waals surface area (Å²) >= 11 is 0. The number of nitrogens with two attached hydrogens (primary N) is 1. The maximum atomic E-state index is 12.4. The lowest BCUT2D eigenvalue weighted by Gasteiger charge is -2.22. The number of hydrogen-bond donors (Lipinski definition) is 1. The second-order valence-electron chi connectivity index (χ2n) is 4.74. The van der Waals surface area contributed by atoms with Crippen molar-refractivity contribution in [2.24, 2.45) is 0 Å². The molecule has 1 atom stereocenters. The number of nitriles is 1. The molecule has 1 unspecified atom stereocenters. The molecule has 0 aliphatic rings. The average Bonchev–Trinajstić information content (AvgIpc) is 2.46. The summed E-state index contributed by atoms with van der Waals surface area (Å²) in [6.45, 7) is 1.82. The highest BCUT2D eigenvalue weighted by Crippen LogP contribution is 2.21. The van der Waals surface area contributed by atoms with Gasteiger partial charge in [0.1, 0.15) is 11.5 Å². The molecule has 1 aromatic heterocycles. The largest absolute Gasteiger partial charge is 0.383 e. The number of nitrogen functional groups attached to an aromatic ring is 1. The van der Waals surface area contributed by atoms with E-state index in [1.54, 1.807) is 13.1 Å². The lowest BCUT2D eigenvalue weighted by atomic mass is 10.1. The summed E-state index contributed by atoms with van der Waals surface area (Å²) in [4.78, 5) is 18.0. The molecule has 2 rings (SSSR count). The van der Waals surface area contributed by atoms with Crippen molar-refractivity contribution >= 4 is 22.5 Å². The van der Waals surface area contributed by atoms with Gasteiger partial charge in [-0.1, -0.05) is 24.3 Å². The van der Waals surface area contributed by atoms with E-state index >= 15 is 0 Å². The van der Waals surface area contributed by atoms with Crippen molar-refractivity contribution in [1.82, 2.24) is 9.88 Å². The lowest BCUT2D eigenvalue weighted by Crippen LogP contribution is -2.35. The molecule has 0 bridgehead atoms. The fourth-order valence-corrected chi connectivity index (χ4v) is 1.99. The van der Waals surface area contributed by atoms with Crippen molar-refractivity contribution in [2.75, 3.05) is 12.8 Å². The Morgan fingerprint density at radius 1 is 1.50 bits per heavy atom. The molecule has 5 nitrogen and oxygen atoms in total. The second-order valence-corrected chi connectivity index (χ2v) is 4.74. The summed E-state index contributed by atoms with van der Waals surface area (Å²) in [7, 11) is 1.66. The van der Waals surface area contributed by atoms with Crippen molar-refractivity contribution < 1.29 is 4.79 Å². The van der Waals surface area contributed by atoms with E-state index in [1.807, 2.05) is 31.2 Å². The molecule has 1 aromatic carbocycles. The number of nitrogens with zero attached hydrogens (tertiary/aromatic N) is 3. The highest BCUT2D eigenvalue weighted by Gasteiger charge is 2.19. The van der Waals surface area contributed by atoms with Gasteiger partial charge in [0, 0.05) is 18.5 Å². The standard InChI is InChI=1S/C15H16N4O/c1-10(7-8-16)19(2)15(20)13-9-11-5-3-4-6-12(11)14(17)18-13/h3-6,9-10H,7H2,1-2H3,(H2,17,18). The molecule has 1 heterocycles. The van der Waals surface area contributed by atoms with E-state index in [4.69, 9.17) is 11.0 Å². The number of hydrogen-bond acceptors (Lipinski definition) is 4. The van der Waals surface area contributed by atoms with E-state index in [2.05, 4.69) is 11.1 Å². The topological polar surface area (TPSA) is 83.0 Å². The van der Waals surface area contributed by atoms with E-state index in [0.717, 1.165) is 10.8 Å². The van der Waals surface area contributed by atoms with Gasteiger partial charge in [-0.25, -0.2) is 4.98 Å². The molecule has 1 amide bonds. The van der Waals surface area contributed by atoms with Gasteiger partial charge in [-0.2, -0.15) is 5.26 Å². The fourth-order valence-electron chi connectivity index (χ4n) is 1.99. The normalized spacial score (nSPS) is 11.8. The Morgan fingerprint density at radius 3 is 2.90 bits per heavy atom. The summed E-state index contributed by atoms with van der Waals surface area (Å²) < 4.78 is 0. The summed E-state index contributed by atoms with van der Waals surface area (Å²) in [5, 5.41) is 10.4. The minimum Gasteiger partial charge on any atom is -0.383 e. The van der Waals surface area contributed by atoms with Crippen molar-refractivity contribution in [3.05, 3.63) is 36.0 Å². The predicted molar refractivity (Wildman–Crippen MR) is 77.9 cm³/mol. The molecular formula is C15H16N4O. The summed E-state index contributed by atoms with van der Waals surface area (Å²) in [6.07, 6.45) is 0.283. The van der Waals surface area contributed by atoms with Gasteiger partial charge in [-0.15, -0.1) is 0 Å². The second kappa shape index (κ2) is 5.57. The summed E-state index contributed by atoms with van der Waals surface area (Å²) in [6, 6.07) is 11.1. The van der Waals surface area contributed by atoms with E-state index in [9.17, 15) is 4.79 Å². The fraction of sp³-hybridized carbons (Fsp3) is 0.267. The third-order valence-corrected chi connectivity index (χ3v) is 3.36. The SMILES string of the molecule is CC(CC#N)N(C)C(=O)c1cc2ccccc2c(N)n1. The smallest absolute Gasteiger partial charge is 0.272 e. The zero-order valence-electron chi connectivity index (χ0n) is 11.5. The van der Waals surface area contributed by atoms with Gasteiger partial charge in [-0.05, 0) is 18.4 Å². The monoisotopic (exact) mass is 268 g/mol. The molecule has 2 N–H and O–H groups in total. The minimum atomic E-state index is -0.231. The Bertz CT molecular complexity index is 690. The number of amides is 1. The van der Waals surface area contributed by atoms with Crippen LogP contribution >= 0.6 is 0 Å². The van der Waals surface area contributed by atoms with Crippen LogP contribution in [0.5, 0.6) is 0 Å². The van der Waals surface area contributed by atoms with Crippen molar-refractivity contribution in [3.63, 3.8) is 0 Å². The molecule has 0 saturated heterocycles. The Balaban J connectivity index is 2.38. The molecular weight excluding hydrogens is 252 g/mol. The third-order valence-electron chi connectivity index (χ3n) is 3.36. The first-order valence-electron chi connectivity index (χ1n) is 6.34. The summed E-state index contributed by atoms with van der Waals surface area (Å²) in [5.41, 5.74) is 6.20. The first kappa shape index (κ1) is 13.8. The van der Waals surface area contributed by atoms with Crippen molar-refractivity contribution in [1.29, 1.82) is 5.26 Å². The van der Waals surface area contributed by atoms with Gasteiger partial charge in [-0.3, -0.25) is 4.79 Å². The molecule has 0 aliphatic carbocycles. The molecule has 20 heavy (non-hydrogen) atoms. The lowest BCUT2D eigenvalue weighted by molar-refractivity contribution is 0.0740. The van der Waals surface area contributed by atoms with Gasteiger partial charge >= 0.3 is 0 Å². The Kier molecular flexibility index (Phi) is 3.85. The van der Waals surface area contributed by atoms with Crippen LogP contribution in [0.25, 0.3) is 10.8 Å². The summed E-state index contributed by atoms with van der Waals surface area (Å²) in [5.74, 6) is 0.109. The zero-order chi connectivity index (χ0) is 14.7. The minimum absolute atomic E-state index is 0.165. The number of carbonyl (C=O) groups is 1. The quantitative estimate of drug-likeness (QED) is 0.924. The molecule has 0 aliphatic heterocycles. The first-order chi connectivity index (χ1) is 9.54. The molecule has 0 spiro atoms. The maximum Gasteiger partial charge on any atom is 0.272 e. The van der Waals surface area contributed by atoms with Crippen LogP contribution in [0.3, 0.4) is 0 Å². The molecule has 0 fully saturated rings. The van der Waals surface area contributed by atoms with Crippen LogP contribution in [0.4, 0.5) is 5.82 Å². The number of rotatable bonds is 3. The number of pyridine rings is 1. The molecule has 102 valence electrons. The predicted octanol–water partition coefficient (Wildman–Crippen LogP) is 2.19. The molecule has 0 radical (unpaired) electrons. The van der Waals surface area contributed by atoms with Crippen LogP contribution in [0, 0.1) is 11.3 Å². The Morgan fingerprint density at radius 2 is 2.20 bits per heavy atom. The molecule has 0 saturated carbocycles. The zero-order valence-corrected chi connectivity index (χ0v) is 11.5. The number of aromatic nitrogens is 1. The van der Waals surface area contributed by atoms with Gasteiger partial charge in [0.25, 0.3) is 5.91 Å². The first-order valence-corrected chi connectivity index (χ1v) is 6.34. The van der Waals surface area contributed by atoms with Crippen LogP contribution in [0.2, 0.25) is 0 Å². The van der Waals surface area contributed by atoms with E-state index in [0.29, 0.717) is 11.5 Å². The van der Waals surface area contributed by atoms with Crippen LogP contribution in [-0.2, 0) is 0 Å². The highest BCUT2D eigenvalue weighted by molar-refractivity contribution is 5.99. The molecule has 2 aromatic rings. The number of anilines is 1. The number of carbonyl (C=O) groups excluding carboxylic acids is 1. The third kappa shape index (κ3) is 2.54. The number of fused-ring (bicyclic) bond motifs is 1.